The zero-order chi connectivity index (χ0) is 15.2. The second-order valence-corrected chi connectivity index (χ2v) is 5.29. The van der Waals surface area contributed by atoms with Gasteiger partial charge in [0.15, 0.2) is 0 Å². The molecule has 0 bridgehead atoms. The first kappa shape index (κ1) is 15.3. The highest BCUT2D eigenvalue weighted by Gasteiger charge is 2.08. The van der Waals surface area contributed by atoms with Gasteiger partial charge in [-0.15, -0.1) is 0 Å². The third-order valence-electron chi connectivity index (χ3n) is 3.55. The molecule has 21 heavy (non-hydrogen) atoms. The summed E-state index contributed by atoms with van der Waals surface area (Å²) in [7, 11) is 0. The average Bonchev–Trinajstić information content (AvgIpc) is 2.48. The van der Waals surface area contributed by atoms with Crippen molar-refractivity contribution in [3.63, 3.8) is 0 Å². The van der Waals surface area contributed by atoms with Crippen LogP contribution in [0.4, 0.5) is 0 Å². The van der Waals surface area contributed by atoms with Crippen molar-refractivity contribution in [2.45, 2.75) is 32.3 Å². The number of rotatable bonds is 6. The smallest absolute Gasteiger partial charge is 0.303 e. The summed E-state index contributed by atoms with van der Waals surface area (Å²) < 4.78 is 0. The number of hydrogen-bond acceptors (Lipinski definition) is 2. The van der Waals surface area contributed by atoms with Gasteiger partial charge in [-0.1, -0.05) is 54.1 Å². The van der Waals surface area contributed by atoms with E-state index in [-0.39, 0.29) is 6.42 Å². The molecule has 0 fully saturated rings. The lowest BCUT2D eigenvalue weighted by atomic mass is 9.99. The molecule has 0 spiro atoms. The van der Waals surface area contributed by atoms with Crippen molar-refractivity contribution in [3.8, 4) is 11.1 Å². The van der Waals surface area contributed by atoms with Gasteiger partial charge in [-0.05, 0) is 36.5 Å². The predicted octanol–water partition coefficient (Wildman–Crippen LogP) is 3.95. The van der Waals surface area contributed by atoms with Crippen LogP contribution in [0.15, 0.2) is 48.5 Å². The minimum Gasteiger partial charge on any atom is -0.481 e. The van der Waals surface area contributed by atoms with Crippen LogP contribution >= 0.6 is 0 Å². The van der Waals surface area contributed by atoms with Crippen LogP contribution in [0.3, 0.4) is 0 Å². The highest BCUT2D eigenvalue weighted by Crippen LogP contribution is 2.24. The van der Waals surface area contributed by atoms with Crippen molar-refractivity contribution in [2.24, 2.45) is 0 Å². The van der Waals surface area contributed by atoms with Gasteiger partial charge in [-0.3, -0.25) is 4.79 Å². The van der Waals surface area contributed by atoms with Crippen LogP contribution in [0.1, 0.15) is 36.5 Å². The molecule has 3 heteroatoms. The van der Waals surface area contributed by atoms with E-state index in [4.69, 9.17) is 5.11 Å². The van der Waals surface area contributed by atoms with Crippen molar-refractivity contribution >= 4 is 5.97 Å². The van der Waals surface area contributed by atoms with E-state index in [1.165, 1.54) is 5.56 Å². The summed E-state index contributed by atoms with van der Waals surface area (Å²) in [5, 5.41) is 18.6. The maximum Gasteiger partial charge on any atom is 0.303 e. The second-order valence-electron chi connectivity index (χ2n) is 5.29. The number of benzene rings is 2. The summed E-state index contributed by atoms with van der Waals surface area (Å²) in [6, 6.07) is 16.1. The molecule has 0 aromatic heterocycles. The van der Waals surface area contributed by atoms with E-state index in [0.29, 0.717) is 12.8 Å². The first-order valence-electron chi connectivity index (χ1n) is 7.13. The van der Waals surface area contributed by atoms with Gasteiger partial charge >= 0.3 is 5.97 Å². The van der Waals surface area contributed by atoms with E-state index in [9.17, 15) is 9.90 Å². The zero-order valence-electron chi connectivity index (χ0n) is 12.1. The molecule has 1 unspecified atom stereocenters. The molecule has 0 aliphatic carbocycles. The van der Waals surface area contributed by atoms with E-state index in [1.807, 2.05) is 24.3 Å². The molecule has 1 atom stereocenters. The molecule has 0 saturated heterocycles. The Morgan fingerprint density at radius 2 is 1.52 bits per heavy atom. The largest absolute Gasteiger partial charge is 0.481 e. The maximum absolute atomic E-state index is 10.5. The third kappa shape index (κ3) is 4.43. The summed E-state index contributed by atoms with van der Waals surface area (Å²) in [5.74, 6) is -0.822. The number of aliphatic hydroxyl groups is 1. The highest BCUT2D eigenvalue weighted by atomic mass is 16.4. The molecule has 2 aromatic rings. The number of carboxylic acid groups (broad SMARTS) is 1. The molecule has 0 aliphatic heterocycles. The SMILES string of the molecule is Cc1ccc(-c2ccc(C(O)CCCC(=O)O)cc2)cc1. The Hall–Kier alpha value is -2.13. The van der Waals surface area contributed by atoms with Crippen LogP contribution in [0.25, 0.3) is 11.1 Å². The number of carbonyl (C=O) groups is 1. The Morgan fingerprint density at radius 3 is 2.05 bits per heavy atom. The Bertz CT molecular complexity index is 585. The molecule has 110 valence electrons. The van der Waals surface area contributed by atoms with Gasteiger partial charge in [0, 0.05) is 6.42 Å². The topological polar surface area (TPSA) is 57.5 Å². The van der Waals surface area contributed by atoms with Gasteiger partial charge in [0.1, 0.15) is 0 Å². The first-order chi connectivity index (χ1) is 10.1. The average molecular weight is 284 g/mol. The zero-order valence-corrected chi connectivity index (χ0v) is 12.1. The Kier molecular flexibility index (Phi) is 5.12. The fourth-order valence-electron chi connectivity index (χ4n) is 2.26. The molecule has 0 saturated carbocycles. The summed E-state index contributed by atoms with van der Waals surface area (Å²) in [5.41, 5.74) is 4.31. The molecule has 2 N–H and O–H groups in total. The minimum atomic E-state index is -0.822. The molecular formula is C18H20O3. The minimum absolute atomic E-state index is 0.0957. The summed E-state index contributed by atoms with van der Waals surface area (Å²) in [6.45, 7) is 2.06. The molecule has 0 aliphatic rings. The number of carboxylic acids is 1. The monoisotopic (exact) mass is 284 g/mol. The van der Waals surface area contributed by atoms with Gasteiger partial charge < -0.3 is 10.2 Å². The fourth-order valence-corrected chi connectivity index (χ4v) is 2.26. The number of aliphatic carboxylic acids is 1. The molecular weight excluding hydrogens is 264 g/mol. The number of aryl methyl sites for hydroxylation is 1. The number of aliphatic hydroxyl groups excluding tert-OH is 1. The molecule has 3 nitrogen and oxygen atoms in total. The van der Waals surface area contributed by atoms with Crippen LogP contribution in [0.5, 0.6) is 0 Å². The molecule has 2 rings (SSSR count). The Balaban J connectivity index is 2.01. The van der Waals surface area contributed by atoms with Crippen molar-refractivity contribution in [1.29, 1.82) is 0 Å². The number of hydrogen-bond donors (Lipinski definition) is 2. The normalized spacial score (nSPS) is 12.1. The predicted molar refractivity (Wildman–Crippen MR) is 83.1 cm³/mol. The first-order valence-corrected chi connectivity index (χ1v) is 7.13. The van der Waals surface area contributed by atoms with E-state index in [0.717, 1.165) is 16.7 Å². The molecule has 0 radical (unpaired) electrons. The van der Waals surface area contributed by atoms with Gasteiger partial charge in [-0.25, -0.2) is 0 Å². The van der Waals surface area contributed by atoms with Crippen LogP contribution < -0.4 is 0 Å². The van der Waals surface area contributed by atoms with E-state index < -0.39 is 12.1 Å². The summed E-state index contributed by atoms with van der Waals surface area (Å²) in [4.78, 5) is 10.5. The maximum atomic E-state index is 10.5. The summed E-state index contributed by atoms with van der Waals surface area (Å²) >= 11 is 0. The van der Waals surface area contributed by atoms with Crippen LogP contribution in [0.2, 0.25) is 0 Å². The molecule has 0 heterocycles. The highest BCUT2D eigenvalue weighted by molar-refractivity contribution is 5.66. The van der Waals surface area contributed by atoms with Crippen LogP contribution in [-0.2, 0) is 4.79 Å². The lowest BCUT2D eigenvalue weighted by Gasteiger charge is -2.11. The van der Waals surface area contributed by atoms with Gasteiger partial charge in [0.05, 0.1) is 6.10 Å². The van der Waals surface area contributed by atoms with E-state index in [1.54, 1.807) is 0 Å². The van der Waals surface area contributed by atoms with Gasteiger partial charge in [0.25, 0.3) is 0 Å². The molecule has 2 aromatic carbocycles. The van der Waals surface area contributed by atoms with Gasteiger partial charge in [0.2, 0.25) is 0 Å². The lowest BCUT2D eigenvalue weighted by molar-refractivity contribution is -0.137. The third-order valence-corrected chi connectivity index (χ3v) is 3.55. The Morgan fingerprint density at radius 1 is 1.00 bits per heavy atom. The van der Waals surface area contributed by atoms with Crippen molar-refractivity contribution in [3.05, 3.63) is 59.7 Å². The van der Waals surface area contributed by atoms with Crippen molar-refractivity contribution < 1.29 is 15.0 Å². The standard InChI is InChI=1S/C18H20O3/c1-13-5-7-14(8-6-13)15-9-11-16(12-10-15)17(19)3-2-4-18(20)21/h5-12,17,19H,2-4H2,1H3,(H,20,21). The summed E-state index contributed by atoms with van der Waals surface area (Å²) in [6.07, 6.45) is 0.446. The van der Waals surface area contributed by atoms with Crippen LogP contribution in [-0.4, -0.2) is 16.2 Å². The van der Waals surface area contributed by atoms with Crippen molar-refractivity contribution in [1.82, 2.24) is 0 Å². The quantitative estimate of drug-likeness (QED) is 0.844. The van der Waals surface area contributed by atoms with E-state index in [2.05, 4.69) is 31.2 Å². The fraction of sp³-hybridized carbons (Fsp3) is 0.278. The van der Waals surface area contributed by atoms with Crippen molar-refractivity contribution in [2.75, 3.05) is 0 Å². The lowest BCUT2D eigenvalue weighted by Crippen LogP contribution is -2.00. The van der Waals surface area contributed by atoms with E-state index >= 15 is 0 Å². The Labute approximate surface area is 124 Å². The van der Waals surface area contributed by atoms with Crippen LogP contribution in [0, 0.1) is 6.92 Å². The van der Waals surface area contributed by atoms with Gasteiger partial charge in [-0.2, -0.15) is 0 Å². The second kappa shape index (κ2) is 7.04. The molecule has 0 amide bonds.